The van der Waals surface area contributed by atoms with Gasteiger partial charge >= 0.3 is 11.9 Å². The first-order valence-electron chi connectivity index (χ1n) is 5.77. The number of aromatic nitrogens is 3. The summed E-state index contributed by atoms with van der Waals surface area (Å²) in [7, 11) is 0. The number of ether oxygens (including phenoxy) is 1. The highest BCUT2D eigenvalue weighted by atomic mass is 16.5. The van der Waals surface area contributed by atoms with E-state index < -0.39 is 17.4 Å². The van der Waals surface area contributed by atoms with Crippen molar-refractivity contribution in [2.45, 2.75) is 40.5 Å². The fourth-order valence-corrected chi connectivity index (χ4v) is 1.05. The summed E-state index contributed by atoms with van der Waals surface area (Å²) in [4.78, 5) is 22.2. The largest absolute Gasteiger partial charge is 0.480 e. The number of hydrogen-bond acceptors (Lipinski definition) is 6. The second kappa shape index (κ2) is 5.68. The van der Waals surface area contributed by atoms with Crippen LogP contribution in [0, 0.1) is 5.41 Å². The van der Waals surface area contributed by atoms with Gasteiger partial charge in [-0.3, -0.25) is 9.59 Å². The second-order valence-electron chi connectivity index (χ2n) is 5.16. The number of carbonyl (C=O) groups excluding carboxylic acids is 1. The maximum Gasteiger partial charge on any atom is 0.325 e. The molecule has 0 aliphatic rings. The summed E-state index contributed by atoms with van der Waals surface area (Å²) >= 11 is 0. The van der Waals surface area contributed by atoms with E-state index in [0.29, 0.717) is 5.82 Å². The number of nitrogens with one attached hydrogen (secondary N) is 1. The van der Waals surface area contributed by atoms with Crippen LogP contribution in [0.2, 0.25) is 0 Å². The van der Waals surface area contributed by atoms with Gasteiger partial charge in [-0.1, -0.05) is 5.21 Å². The van der Waals surface area contributed by atoms with E-state index in [2.05, 4.69) is 15.6 Å². The van der Waals surface area contributed by atoms with Crippen molar-refractivity contribution in [3.8, 4) is 0 Å². The van der Waals surface area contributed by atoms with Gasteiger partial charge in [-0.05, 0) is 27.7 Å². The molecule has 0 saturated carbocycles. The van der Waals surface area contributed by atoms with E-state index in [9.17, 15) is 9.59 Å². The number of anilines is 1. The Bertz CT molecular complexity index is 464. The maximum atomic E-state index is 11.5. The van der Waals surface area contributed by atoms with Crippen LogP contribution in [-0.4, -0.2) is 38.1 Å². The summed E-state index contributed by atoms with van der Waals surface area (Å²) in [6.45, 7) is 6.67. The van der Waals surface area contributed by atoms with Gasteiger partial charge in [0, 0.05) is 0 Å². The van der Waals surface area contributed by atoms with Crippen molar-refractivity contribution in [3.63, 3.8) is 0 Å². The molecule has 0 spiro atoms. The summed E-state index contributed by atoms with van der Waals surface area (Å²) in [5.74, 6) is -1.04. The van der Waals surface area contributed by atoms with E-state index in [1.54, 1.807) is 20.8 Å². The Hall–Kier alpha value is -2.12. The molecule has 1 heterocycles. The molecule has 0 bridgehead atoms. The van der Waals surface area contributed by atoms with Gasteiger partial charge in [-0.15, -0.1) is 5.10 Å². The van der Waals surface area contributed by atoms with E-state index in [-0.39, 0.29) is 12.7 Å². The lowest BCUT2D eigenvalue weighted by Gasteiger charge is -2.15. The molecule has 19 heavy (non-hydrogen) atoms. The molecule has 1 atom stereocenters. The zero-order valence-electron chi connectivity index (χ0n) is 11.4. The van der Waals surface area contributed by atoms with Gasteiger partial charge in [0.1, 0.15) is 6.04 Å². The zero-order valence-corrected chi connectivity index (χ0v) is 11.4. The molecule has 2 N–H and O–H groups in total. The predicted octanol–water partition coefficient (Wildman–Crippen LogP) is 0.710. The Morgan fingerprint density at radius 3 is 2.68 bits per heavy atom. The molecular weight excluding hydrogens is 252 g/mol. The maximum absolute atomic E-state index is 11.5. The number of rotatable bonds is 5. The second-order valence-corrected chi connectivity index (χ2v) is 5.16. The molecule has 1 aromatic rings. The van der Waals surface area contributed by atoms with Crippen LogP contribution in [0.5, 0.6) is 0 Å². The van der Waals surface area contributed by atoms with Crippen molar-refractivity contribution in [1.29, 1.82) is 0 Å². The monoisotopic (exact) mass is 270 g/mol. The number of carbonyl (C=O) groups is 2. The standard InChI is InChI=1S/C11H18N4O4/c1-7(9(16)17)12-8-5-15(14-13-8)6-19-10(18)11(2,3)4/h5,7,12H,6H2,1-4H3,(H,16,17). The molecule has 0 aliphatic heterocycles. The molecule has 1 aromatic heterocycles. The molecular formula is C11H18N4O4. The van der Waals surface area contributed by atoms with Crippen LogP contribution in [0.1, 0.15) is 27.7 Å². The minimum Gasteiger partial charge on any atom is -0.480 e. The van der Waals surface area contributed by atoms with Crippen molar-refractivity contribution in [2.24, 2.45) is 5.41 Å². The lowest BCUT2D eigenvalue weighted by molar-refractivity contribution is -0.157. The fraction of sp³-hybridized carbons (Fsp3) is 0.636. The smallest absolute Gasteiger partial charge is 0.325 e. The first-order chi connectivity index (χ1) is 8.70. The number of aliphatic carboxylic acids is 1. The minimum atomic E-state index is -0.992. The Labute approximate surface area is 110 Å². The molecule has 8 nitrogen and oxygen atoms in total. The van der Waals surface area contributed by atoms with E-state index in [1.807, 2.05) is 0 Å². The van der Waals surface area contributed by atoms with Gasteiger partial charge in [0.05, 0.1) is 11.6 Å². The molecule has 1 unspecified atom stereocenters. The highest BCUT2D eigenvalue weighted by Gasteiger charge is 2.23. The van der Waals surface area contributed by atoms with E-state index >= 15 is 0 Å². The van der Waals surface area contributed by atoms with E-state index in [4.69, 9.17) is 9.84 Å². The lowest BCUT2D eigenvalue weighted by Crippen LogP contribution is -2.25. The van der Waals surface area contributed by atoms with Gasteiger partial charge < -0.3 is 15.2 Å². The van der Waals surface area contributed by atoms with Gasteiger partial charge in [-0.2, -0.15) is 0 Å². The quantitative estimate of drug-likeness (QED) is 0.759. The van der Waals surface area contributed by atoms with Crippen LogP contribution < -0.4 is 5.32 Å². The Morgan fingerprint density at radius 1 is 1.53 bits per heavy atom. The minimum absolute atomic E-state index is 0.0633. The Balaban J connectivity index is 2.52. The summed E-state index contributed by atoms with van der Waals surface area (Å²) in [6.07, 6.45) is 1.47. The van der Waals surface area contributed by atoms with Gasteiger partial charge in [0.25, 0.3) is 0 Å². The first-order valence-corrected chi connectivity index (χ1v) is 5.77. The van der Waals surface area contributed by atoms with Gasteiger partial charge in [0.15, 0.2) is 12.5 Å². The van der Waals surface area contributed by atoms with Gasteiger partial charge in [-0.25, -0.2) is 4.68 Å². The third-order valence-corrected chi connectivity index (χ3v) is 2.21. The fourth-order valence-electron chi connectivity index (χ4n) is 1.05. The molecule has 0 aromatic carbocycles. The van der Waals surface area contributed by atoms with Crippen LogP contribution in [0.4, 0.5) is 5.82 Å². The van der Waals surface area contributed by atoms with E-state index in [1.165, 1.54) is 17.8 Å². The van der Waals surface area contributed by atoms with Crippen LogP contribution in [-0.2, 0) is 21.1 Å². The highest BCUT2D eigenvalue weighted by Crippen LogP contribution is 2.15. The zero-order chi connectivity index (χ0) is 14.6. The number of nitrogens with zero attached hydrogens (tertiary/aromatic N) is 3. The Morgan fingerprint density at radius 2 is 2.16 bits per heavy atom. The van der Waals surface area contributed by atoms with Crippen molar-refractivity contribution in [2.75, 3.05) is 5.32 Å². The first kappa shape index (κ1) is 14.9. The lowest BCUT2D eigenvalue weighted by atomic mass is 9.98. The Kier molecular flexibility index (Phi) is 4.47. The summed E-state index contributed by atoms with van der Waals surface area (Å²) in [6, 6.07) is -0.776. The summed E-state index contributed by atoms with van der Waals surface area (Å²) < 4.78 is 6.34. The SMILES string of the molecule is CC(Nc1cn(COC(=O)C(C)(C)C)nn1)C(=O)O. The molecule has 0 saturated heterocycles. The average Bonchev–Trinajstić information content (AvgIpc) is 2.72. The molecule has 0 aliphatic carbocycles. The predicted molar refractivity (Wildman–Crippen MR) is 66.3 cm³/mol. The third kappa shape index (κ3) is 4.57. The van der Waals surface area contributed by atoms with Crippen molar-refractivity contribution < 1.29 is 19.4 Å². The summed E-state index contributed by atoms with van der Waals surface area (Å²) in [5, 5.41) is 18.8. The topological polar surface area (TPSA) is 106 Å². The third-order valence-electron chi connectivity index (χ3n) is 2.21. The molecule has 0 amide bonds. The number of carboxylic acids is 1. The van der Waals surface area contributed by atoms with Crippen molar-refractivity contribution in [3.05, 3.63) is 6.20 Å². The molecule has 0 radical (unpaired) electrons. The number of esters is 1. The number of carboxylic acid groups (broad SMARTS) is 1. The molecule has 1 rings (SSSR count). The normalized spacial score (nSPS) is 12.8. The number of hydrogen-bond donors (Lipinski definition) is 2. The van der Waals surface area contributed by atoms with Crippen LogP contribution in [0.3, 0.4) is 0 Å². The van der Waals surface area contributed by atoms with E-state index in [0.717, 1.165) is 0 Å². The molecule has 106 valence electrons. The van der Waals surface area contributed by atoms with Crippen LogP contribution in [0.25, 0.3) is 0 Å². The average molecular weight is 270 g/mol. The van der Waals surface area contributed by atoms with Crippen LogP contribution >= 0.6 is 0 Å². The van der Waals surface area contributed by atoms with Crippen molar-refractivity contribution >= 4 is 17.8 Å². The van der Waals surface area contributed by atoms with Crippen LogP contribution in [0.15, 0.2) is 6.20 Å². The van der Waals surface area contributed by atoms with Crippen molar-refractivity contribution in [1.82, 2.24) is 15.0 Å². The highest BCUT2D eigenvalue weighted by molar-refractivity contribution is 5.76. The molecule has 8 heteroatoms. The molecule has 0 fully saturated rings. The van der Waals surface area contributed by atoms with Gasteiger partial charge in [0.2, 0.25) is 0 Å². The summed E-state index contributed by atoms with van der Waals surface area (Å²) in [5.41, 5.74) is -0.584.